The number of hydrogen-bond donors (Lipinski definition) is 1. The molecule has 2 fully saturated rings. The number of nitrogens with zero attached hydrogens (tertiary/aromatic N) is 4. The van der Waals surface area contributed by atoms with Gasteiger partial charge in [-0.15, -0.1) is 0 Å². The summed E-state index contributed by atoms with van der Waals surface area (Å²) in [6.45, 7) is 11.4. The third-order valence-corrected chi connectivity index (χ3v) is 7.71. The molecule has 0 radical (unpaired) electrons. The second-order valence-corrected chi connectivity index (χ2v) is 13.6. The average molecular weight is 649 g/mol. The van der Waals surface area contributed by atoms with Crippen molar-refractivity contribution in [3.63, 3.8) is 0 Å². The van der Waals surface area contributed by atoms with Crippen LogP contribution in [-0.2, 0) is 9.47 Å². The van der Waals surface area contributed by atoms with Gasteiger partial charge in [-0.25, -0.2) is 19.0 Å². The number of β-amino-alcohol motifs (C(OH)–C–C–N with tert-alkyl or cyclic N) is 1. The number of amides is 2. The van der Waals surface area contributed by atoms with Crippen molar-refractivity contribution in [2.75, 3.05) is 44.2 Å². The van der Waals surface area contributed by atoms with E-state index in [0.717, 1.165) is 6.07 Å². The number of fused-ring (bicyclic) bond motifs is 2. The minimum absolute atomic E-state index is 0.0206. The molecule has 0 saturated carbocycles. The van der Waals surface area contributed by atoms with E-state index in [1.165, 1.54) is 17.0 Å². The third kappa shape index (κ3) is 7.04. The molecule has 0 aliphatic carbocycles. The number of rotatable bonds is 3. The number of ether oxygens (including phenoxy) is 4. The van der Waals surface area contributed by atoms with Crippen LogP contribution in [0.3, 0.4) is 0 Å². The van der Waals surface area contributed by atoms with Crippen LogP contribution in [0, 0.1) is 5.82 Å². The highest BCUT2D eigenvalue weighted by Crippen LogP contribution is 2.46. The van der Waals surface area contributed by atoms with Gasteiger partial charge in [0.1, 0.15) is 51.5 Å². The Bertz CT molecular complexity index is 1510. The summed E-state index contributed by atoms with van der Waals surface area (Å²) < 4.78 is 38.0. The monoisotopic (exact) mass is 648 g/mol. The van der Waals surface area contributed by atoms with Crippen LogP contribution in [0.2, 0.25) is 5.02 Å². The molecular weight excluding hydrogens is 611 g/mol. The molecule has 2 saturated heterocycles. The van der Waals surface area contributed by atoms with E-state index in [-0.39, 0.29) is 71.9 Å². The Morgan fingerprint density at radius 1 is 1.04 bits per heavy atom. The first-order chi connectivity index (χ1) is 21.0. The Balaban J connectivity index is 1.57. The van der Waals surface area contributed by atoms with E-state index in [1.54, 1.807) is 51.3 Å². The molecule has 2 aromatic rings. The van der Waals surface area contributed by atoms with Gasteiger partial charge in [0.2, 0.25) is 0 Å². The smallest absolute Gasteiger partial charge is 0.489 e. The molecule has 1 aromatic carbocycles. The molecule has 0 spiro atoms. The largest absolute Gasteiger partial charge is 0.514 e. The normalized spacial score (nSPS) is 20.2. The lowest BCUT2D eigenvalue weighted by molar-refractivity contribution is 0.000936. The molecule has 2 amide bonds. The number of halogens is 2. The van der Waals surface area contributed by atoms with E-state index in [9.17, 15) is 19.5 Å². The molecular formula is C31H38ClFN4O8. The van der Waals surface area contributed by atoms with Crippen molar-refractivity contribution in [2.45, 2.75) is 71.3 Å². The summed E-state index contributed by atoms with van der Waals surface area (Å²) in [6, 6.07) is 3.37. The van der Waals surface area contributed by atoms with Gasteiger partial charge in [0.15, 0.2) is 5.75 Å². The second kappa shape index (κ2) is 12.2. The van der Waals surface area contributed by atoms with E-state index in [4.69, 9.17) is 30.5 Å². The minimum Gasteiger partial charge on any atom is -0.489 e. The predicted molar refractivity (Wildman–Crippen MR) is 162 cm³/mol. The zero-order chi connectivity index (χ0) is 32.8. The van der Waals surface area contributed by atoms with Crippen molar-refractivity contribution in [2.24, 2.45) is 0 Å². The highest BCUT2D eigenvalue weighted by atomic mass is 35.5. The van der Waals surface area contributed by atoms with Crippen molar-refractivity contribution in [1.29, 1.82) is 0 Å². The Morgan fingerprint density at radius 2 is 1.76 bits per heavy atom. The Morgan fingerprint density at radius 3 is 2.40 bits per heavy atom. The molecule has 244 valence electrons. The zero-order valence-electron chi connectivity index (χ0n) is 26.2. The van der Waals surface area contributed by atoms with Gasteiger partial charge in [0.25, 0.3) is 5.91 Å². The fourth-order valence-electron chi connectivity index (χ4n) is 5.45. The highest BCUT2D eigenvalue weighted by Gasteiger charge is 2.42. The number of aromatic nitrogens is 1. The molecule has 5 rings (SSSR count). The molecule has 14 heteroatoms. The lowest BCUT2D eigenvalue weighted by Gasteiger charge is -2.40. The van der Waals surface area contributed by atoms with E-state index in [1.807, 2.05) is 0 Å². The lowest BCUT2D eigenvalue weighted by atomic mass is 10.1. The van der Waals surface area contributed by atoms with Gasteiger partial charge in [0.05, 0.1) is 17.7 Å². The van der Waals surface area contributed by atoms with Gasteiger partial charge in [-0.3, -0.25) is 4.79 Å². The highest BCUT2D eigenvalue weighted by molar-refractivity contribution is 6.35. The molecule has 0 bridgehead atoms. The van der Waals surface area contributed by atoms with E-state index < -0.39 is 47.3 Å². The van der Waals surface area contributed by atoms with Gasteiger partial charge >= 0.3 is 12.2 Å². The maximum atomic E-state index is 15.6. The molecule has 12 nitrogen and oxygen atoms in total. The number of carbonyl (C=O) groups is 3. The van der Waals surface area contributed by atoms with Crippen LogP contribution in [-0.4, -0.2) is 101 Å². The molecule has 2 atom stereocenters. The number of benzene rings is 1. The first-order valence-corrected chi connectivity index (χ1v) is 15.2. The maximum Gasteiger partial charge on any atom is 0.514 e. The summed E-state index contributed by atoms with van der Waals surface area (Å²) >= 11 is 6.89. The van der Waals surface area contributed by atoms with E-state index in [2.05, 4.69) is 4.98 Å². The Labute approximate surface area is 265 Å². The summed E-state index contributed by atoms with van der Waals surface area (Å²) in [5.74, 6) is -1.28. The van der Waals surface area contributed by atoms with Gasteiger partial charge in [-0.05, 0) is 60.1 Å². The molecule has 4 heterocycles. The van der Waals surface area contributed by atoms with Crippen molar-refractivity contribution >= 4 is 35.6 Å². The SMILES string of the molecule is CC(C)(C)OC(=O)Oc1cccc(F)c1-c1nc(N2CC[C@H](O)C2)c2c(c1Cl)OC[C@H]1CN(C(=O)OC(C)(C)C)CCN1C2=O. The third-order valence-electron chi connectivity index (χ3n) is 7.36. The van der Waals surface area contributed by atoms with E-state index in [0.29, 0.717) is 13.0 Å². The summed E-state index contributed by atoms with van der Waals surface area (Å²) in [4.78, 5) is 49.2. The molecule has 0 unspecified atom stereocenters. The summed E-state index contributed by atoms with van der Waals surface area (Å²) in [5, 5.41) is 10.2. The number of carbonyl (C=O) groups excluding carboxylic acids is 3. The predicted octanol–water partition coefficient (Wildman–Crippen LogP) is 4.88. The van der Waals surface area contributed by atoms with Gasteiger partial charge < -0.3 is 38.8 Å². The number of piperazine rings is 1. The Kier molecular flexibility index (Phi) is 8.80. The first-order valence-electron chi connectivity index (χ1n) is 14.8. The summed E-state index contributed by atoms with van der Waals surface area (Å²) in [6.07, 6.45) is -1.80. The maximum absolute atomic E-state index is 15.6. The molecule has 3 aliphatic heterocycles. The van der Waals surface area contributed by atoms with E-state index >= 15 is 4.39 Å². The van der Waals surface area contributed by atoms with Crippen LogP contribution in [0.1, 0.15) is 58.3 Å². The number of pyridine rings is 1. The average Bonchev–Trinajstić information content (AvgIpc) is 3.29. The van der Waals surface area contributed by atoms with Crippen molar-refractivity contribution < 1.29 is 42.8 Å². The zero-order valence-corrected chi connectivity index (χ0v) is 26.9. The minimum atomic E-state index is -1.05. The molecule has 45 heavy (non-hydrogen) atoms. The van der Waals surface area contributed by atoms with Crippen LogP contribution in [0.4, 0.5) is 19.8 Å². The number of hydrogen-bond acceptors (Lipinski definition) is 10. The number of aliphatic hydroxyl groups excluding tert-OH is 1. The van der Waals surface area contributed by atoms with Crippen LogP contribution >= 0.6 is 11.6 Å². The quantitative estimate of drug-likeness (QED) is 0.363. The van der Waals surface area contributed by atoms with Crippen LogP contribution in [0.15, 0.2) is 18.2 Å². The van der Waals surface area contributed by atoms with Crippen LogP contribution in [0.25, 0.3) is 11.3 Å². The topological polar surface area (TPSA) is 131 Å². The molecule has 1 aromatic heterocycles. The van der Waals surface area contributed by atoms with Crippen molar-refractivity contribution in [3.05, 3.63) is 34.6 Å². The van der Waals surface area contributed by atoms with Crippen molar-refractivity contribution in [3.8, 4) is 22.8 Å². The second-order valence-electron chi connectivity index (χ2n) is 13.3. The summed E-state index contributed by atoms with van der Waals surface area (Å²) in [7, 11) is 0. The number of aliphatic hydroxyl groups is 1. The number of anilines is 1. The van der Waals surface area contributed by atoms with Crippen LogP contribution < -0.4 is 14.4 Å². The summed E-state index contributed by atoms with van der Waals surface area (Å²) in [5.41, 5.74) is -1.84. The first kappa shape index (κ1) is 32.6. The van der Waals surface area contributed by atoms with Gasteiger partial charge in [-0.1, -0.05) is 17.7 Å². The van der Waals surface area contributed by atoms with Gasteiger partial charge in [-0.2, -0.15) is 0 Å². The molecule has 1 N–H and O–H groups in total. The fourth-order valence-corrected chi connectivity index (χ4v) is 5.73. The lowest BCUT2D eigenvalue weighted by Crippen LogP contribution is -2.58. The fraction of sp³-hybridized carbons (Fsp3) is 0.548. The van der Waals surface area contributed by atoms with Gasteiger partial charge in [0, 0.05) is 32.7 Å². The Hall–Kier alpha value is -3.84. The van der Waals surface area contributed by atoms with Crippen molar-refractivity contribution in [1.82, 2.24) is 14.8 Å². The van der Waals surface area contributed by atoms with Crippen LogP contribution in [0.5, 0.6) is 11.5 Å². The standard InChI is InChI=1S/C31H38ClFN4O8/c1-30(2,3)44-28(40)36-12-13-37-17(14-36)16-42-25-22(27(37)39)26(35-11-10-18(38)15-35)34-24(23(25)32)21-19(33)8-7-9-20(21)43-29(41)45-31(4,5)6/h7-9,17-18,38H,10-16H2,1-6H3/t17-,18+/m1/s1. The molecule has 3 aliphatic rings.